The van der Waals surface area contributed by atoms with E-state index < -0.39 is 32.5 Å². The molecule has 8 nitrogen and oxygen atoms in total. The lowest BCUT2D eigenvalue weighted by molar-refractivity contribution is -0.114. The number of nitrogens with zero attached hydrogens (tertiary/aromatic N) is 1. The number of hydrogen-bond acceptors (Lipinski definition) is 5. The average Bonchev–Trinajstić information content (AvgIpc) is 2.91. The number of carbonyl (C=O) groups excluding carboxylic acids is 1. The molecule has 0 radical (unpaired) electrons. The third kappa shape index (κ3) is 6.72. The molecule has 0 aliphatic rings. The maximum absolute atomic E-state index is 13.4. The second-order valence-corrected chi connectivity index (χ2v) is 12.8. The average molecular weight is 605 g/mol. The van der Waals surface area contributed by atoms with Crippen LogP contribution in [0, 0.1) is 6.92 Å². The van der Waals surface area contributed by atoms with E-state index >= 15 is 0 Å². The third-order valence-corrected chi connectivity index (χ3v) is 9.57. The van der Waals surface area contributed by atoms with Crippen molar-refractivity contribution < 1.29 is 21.6 Å². The second-order valence-electron chi connectivity index (χ2n) is 8.44. The van der Waals surface area contributed by atoms with Crippen molar-refractivity contribution in [3.63, 3.8) is 0 Å². The van der Waals surface area contributed by atoms with Gasteiger partial charge in [-0.2, -0.15) is 0 Å². The summed E-state index contributed by atoms with van der Waals surface area (Å²) in [6.07, 6.45) is 0. The Morgan fingerprint density at radius 1 is 0.769 bits per heavy atom. The zero-order chi connectivity index (χ0) is 28.2. The Hall–Kier alpha value is -3.57. The fourth-order valence-electron chi connectivity index (χ4n) is 3.58. The Bertz CT molecular complexity index is 1700. The standard InChI is InChI=1S/C27H23Cl2N3O5S2/c1-19-10-14-21(15-11-19)32(39(36,37)23-6-3-2-4-7-23)18-26(33)30-20-12-16-22(17-13-20)38(34,35)31-25-9-5-8-24(28)27(25)29/h2-17,31H,18H2,1H3,(H,30,33). The smallest absolute Gasteiger partial charge is 0.264 e. The van der Waals surface area contributed by atoms with E-state index in [1.165, 1.54) is 48.5 Å². The number of nitrogens with one attached hydrogen (secondary N) is 2. The van der Waals surface area contributed by atoms with Crippen LogP contribution in [0.2, 0.25) is 10.0 Å². The zero-order valence-corrected chi connectivity index (χ0v) is 23.7. The van der Waals surface area contributed by atoms with Gasteiger partial charge < -0.3 is 5.32 Å². The SMILES string of the molecule is Cc1ccc(N(CC(=O)Nc2ccc(S(=O)(=O)Nc3cccc(Cl)c3Cl)cc2)S(=O)(=O)c2ccccc2)cc1. The van der Waals surface area contributed by atoms with Crippen LogP contribution in [0.4, 0.5) is 17.1 Å². The third-order valence-electron chi connectivity index (χ3n) is 5.58. The van der Waals surface area contributed by atoms with Crippen LogP contribution >= 0.6 is 23.2 Å². The number of aryl methyl sites for hydroxylation is 1. The van der Waals surface area contributed by atoms with Gasteiger partial charge >= 0.3 is 0 Å². The molecule has 0 aliphatic heterocycles. The molecule has 202 valence electrons. The maximum Gasteiger partial charge on any atom is 0.264 e. The first-order chi connectivity index (χ1) is 18.5. The number of sulfonamides is 2. The summed E-state index contributed by atoms with van der Waals surface area (Å²) in [4.78, 5) is 12.9. The first-order valence-corrected chi connectivity index (χ1v) is 15.2. The molecule has 0 aromatic heterocycles. The molecule has 2 N–H and O–H groups in total. The molecular weight excluding hydrogens is 581 g/mol. The van der Waals surface area contributed by atoms with Gasteiger partial charge in [0.25, 0.3) is 20.0 Å². The molecule has 0 aliphatic carbocycles. The minimum absolute atomic E-state index is 0.0419. The van der Waals surface area contributed by atoms with Crippen LogP contribution < -0.4 is 14.3 Å². The van der Waals surface area contributed by atoms with E-state index in [4.69, 9.17) is 23.2 Å². The highest BCUT2D eigenvalue weighted by Gasteiger charge is 2.27. The minimum Gasteiger partial charge on any atom is -0.325 e. The molecule has 4 rings (SSSR count). The van der Waals surface area contributed by atoms with Crippen molar-refractivity contribution in [2.75, 3.05) is 20.9 Å². The van der Waals surface area contributed by atoms with Gasteiger partial charge in [-0.1, -0.05) is 65.2 Å². The Morgan fingerprint density at radius 3 is 2.05 bits per heavy atom. The predicted molar refractivity (Wildman–Crippen MR) is 154 cm³/mol. The fraction of sp³-hybridized carbons (Fsp3) is 0.0741. The minimum atomic E-state index is -4.05. The molecule has 39 heavy (non-hydrogen) atoms. The van der Waals surface area contributed by atoms with E-state index in [2.05, 4.69) is 10.0 Å². The summed E-state index contributed by atoms with van der Waals surface area (Å²) in [6, 6.07) is 24.5. The quantitative estimate of drug-likeness (QED) is 0.246. The largest absolute Gasteiger partial charge is 0.325 e. The maximum atomic E-state index is 13.4. The van der Waals surface area contributed by atoms with Crippen LogP contribution in [0.25, 0.3) is 0 Å². The van der Waals surface area contributed by atoms with E-state index in [0.717, 1.165) is 9.87 Å². The first-order valence-electron chi connectivity index (χ1n) is 11.5. The van der Waals surface area contributed by atoms with Gasteiger partial charge in [-0.25, -0.2) is 16.8 Å². The van der Waals surface area contributed by atoms with Gasteiger partial charge in [-0.15, -0.1) is 0 Å². The second kappa shape index (κ2) is 11.7. The summed E-state index contributed by atoms with van der Waals surface area (Å²) >= 11 is 12.0. The molecule has 4 aromatic carbocycles. The summed E-state index contributed by atoms with van der Waals surface area (Å²) in [6.45, 7) is 1.37. The van der Waals surface area contributed by atoms with E-state index in [1.54, 1.807) is 48.5 Å². The Labute approximate surface area is 237 Å². The van der Waals surface area contributed by atoms with Crippen LogP contribution in [-0.2, 0) is 24.8 Å². The van der Waals surface area contributed by atoms with Crippen LogP contribution in [0.3, 0.4) is 0 Å². The van der Waals surface area contributed by atoms with Crippen molar-refractivity contribution in [2.45, 2.75) is 16.7 Å². The summed E-state index contributed by atoms with van der Waals surface area (Å²) in [5, 5.41) is 2.89. The van der Waals surface area contributed by atoms with E-state index in [0.29, 0.717) is 5.69 Å². The van der Waals surface area contributed by atoms with Crippen LogP contribution in [0.5, 0.6) is 0 Å². The lowest BCUT2D eigenvalue weighted by Gasteiger charge is -2.24. The highest BCUT2D eigenvalue weighted by molar-refractivity contribution is 7.93. The summed E-state index contributed by atoms with van der Waals surface area (Å²) in [5.74, 6) is -0.616. The van der Waals surface area contributed by atoms with Crippen molar-refractivity contribution in [2.24, 2.45) is 0 Å². The van der Waals surface area contributed by atoms with Gasteiger partial charge in [0.2, 0.25) is 5.91 Å². The number of carbonyl (C=O) groups is 1. The van der Waals surface area contributed by atoms with Crippen molar-refractivity contribution in [3.05, 3.63) is 113 Å². The van der Waals surface area contributed by atoms with Crippen molar-refractivity contribution >= 4 is 66.2 Å². The van der Waals surface area contributed by atoms with Gasteiger partial charge in [-0.05, 0) is 67.6 Å². The molecule has 0 saturated heterocycles. The summed E-state index contributed by atoms with van der Waals surface area (Å²) < 4.78 is 55.8. The lowest BCUT2D eigenvalue weighted by atomic mass is 10.2. The summed E-state index contributed by atoms with van der Waals surface area (Å²) in [5.41, 5.74) is 1.66. The lowest BCUT2D eigenvalue weighted by Crippen LogP contribution is -2.38. The molecule has 1 amide bonds. The normalized spacial score (nSPS) is 11.6. The topological polar surface area (TPSA) is 113 Å². The molecule has 0 spiro atoms. The molecule has 0 saturated carbocycles. The highest BCUT2D eigenvalue weighted by atomic mass is 35.5. The van der Waals surface area contributed by atoms with Gasteiger partial charge in [-0.3, -0.25) is 13.8 Å². The van der Waals surface area contributed by atoms with Crippen molar-refractivity contribution in [1.29, 1.82) is 0 Å². The number of rotatable bonds is 9. The molecule has 0 unspecified atom stereocenters. The van der Waals surface area contributed by atoms with E-state index in [1.807, 2.05) is 6.92 Å². The van der Waals surface area contributed by atoms with Gasteiger partial charge in [0, 0.05) is 5.69 Å². The van der Waals surface area contributed by atoms with Crippen molar-refractivity contribution in [1.82, 2.24) is 0 Å². The molecule has 0 bridgehead atoms. The molecule has 0 fully saturated rings. The number of amides is 1. The zero-order valence-electron chi connectivity index (χ0n) is 20.5. The molecule has 0 atom stereocenters. The molecule has 0 heterocycles. The number of anilines is 3. The van der Waals surface area contributed by atoms with Gasteiger partial charge in [0.1, 0.15) is 6.54 Å². The van der Waals surface area contributed by atoms with E-state index in [9.17, 15) is 21.6 Å². The fourth-order valence-corrected chi connectivity index (χ4v) is 6.50. The highest BCUT2D eigenvalue weighted by Crippen LogP contribution is 2.31. The number of halogens is 2. The Morgan fingerprint density at radius 2 is 1.41 bits per heavy atom. The van der Waals surface area contributed by atoms with E-state index in [-0.39, 0.29) is 31.2 Å². The van der Waals surface area contributed by atoms with Crippen LogP contribution in [-0.4, -0.2) is 29.3 Å². The molecular formula is C27H23Cl2N3O5S2. The van der Waals surface area contributed by atoms with Gasteiger partial charge in [0.15, 0.2) is 0 Å². The van der Waals surface area contributed by atoms with Gasteiger partial charge in [0.05, 0.1) is 31.2 Å². The number of benzene rings is 4. The van der Waals surface area contributed by atoms with Crippen molar-refractivity contribution in [3.8, 4) is 0 Å². The summed E-state index contributed by atoms with van der Waals surface area (Å²) in [7, 11) is -8.05. The van der Waals surface area contributed by atoms with Crippen LogP contribution in [0.15, 0.2) is 107 Å². The Balaban J connectivity index is 1.52. The monoisotopic (exact) mass is 603 g/mol. The molecule has 12 heteroatoms. The predicted octanol–water partition coefficient (Wildman–Crippen LogP) is 5.94. The van der Waals surface area contributed by atoms with Crippen LogP contribution in [0.1, 0.15) is 5.56 Å². The Kier molecular flexibility index (Phi) is 8.51. The molecule has 4 aromatic rings. The first kappa shape index (κ1) is 28.4. The number of hydrogen-bond donors (Lipinski definition) is 2.